The fourth-order valence-corrected chi connectivity index (χ4v) is 3.06. The normalized spacial score (nSPS) is 38.0. The highest BCUT2D eigenvalue weighted by molar-refractivity contribution is 5.81. The minimum atomic E-state index is -0.243. The Morgan fingerprint density at radius 1 is 1.41 bits per heavy atom. The number of nitrogens with one attached hydrogen (secondary N) is 1. The second kappa shape index (κ2) is 5.36. The molecule has 1 heterocycles. The fourth-order valence-electron chi connectivity index (χ4n) is 3.06. The summed E-state index contributed by atoms with van der Waals surface area (Å²) in [5, 5.41) is 3.18. The first-order valence-corrected chi connectivity index (χ1v) is 6.82. The molecule has 4 nitrogen and oxygen atoms in total. The van der Waals surface area contributed by atoms with Gasteiger partial charge in [0, 0.05) is 13.2 Å². The van der Waals surface area contributed by atoms with Gasteiger partial charge in [-0.25, -0.2) is 0 Å². The highest BCUT2D eigenvalue weighted by Crippen LogP contribution is 2.33. The molecule has 1 aliphatic heterocycles. The van der Waals surface area contributed by atoms with E-state index in [9.17, 15) is 4.79 Å². The highest BCUT2D eigenvalue weighted by atomic mass is 16.5. The number of amides is 1. The van der Waals surface area contributed by atoms with Gasteiger partial charge < -0.3 is 15.8 Å². The van der Waals surface area contributed by atoms with E-state index in [-0.39, 0.29) is 17.6 Å². The molecule has 1 saturated heterocycles. The van der Waals surface area contributed by atoms with E-state index < -0.39 is 0 Å². The lowest BCUT2D eigenvalue weighted by atomic mass is 9.73. The zero-order valence-electron chi connectivity index (χ0n) is 10.7. The van der Waals surface area contributed by atoms with Gasteiger partial charge in [-0.2, -0.15) is 0 Å². The molecule has 0 aromatic carbocycles. The molecule has 0 radical (unpaired) electrons. The summed E-state index contributed by atoms with van der Waals surface area (Å²) < 4.78 is 5.43. The van der Waals surface area contributed by atoms with Crippen molar-refractivity contribution in [2.75, 3.05) is 13.2 Å². The zero-order valence-corrected chi connectivity index (χ0v) is 10.7. The van der Waals surface area contributed by atoms with Gasteiger partial charge in [-0.1, -0.05) is 19.8 Å². The average molecular weight is 240 g/mol. The van der Waals surface area contributed by atoms with Crippen LogP contribution in [0.3, 0.4) is 0 Å². The summed E-state index contributed by atoms with van der Waals surface area (Å²) in [5.41, 5.74) is 5.73. The number of hydrogen-bond donors (Lipinski definition) is 2. The Bertz CT molecular complexity index is 277. The summed E-state index contributed by atoms with van der Waals surface area (Å²) in [4.78, 5) is 12.1. The molecule has 0 bridgehead atoms. The lowest BCUT2D eigenvalue weighted by molar-refractivity contribution is -0.133. The zero-order chi connectivity index (χ0) is 12.3. The highest BCUT2D eigenvalue weighted by Gasteiger charge is 2.40. The smallest absolute Gasteiger partial charge is 0.249 e. The lowest BCUT2D eigenvalue weighted by Crippen LogP contribution is -2.60. The monoisotopic (exact) mass is 240 g/mol. The van der Waals surface area contributed by atoms with E-state index in [4.69, 9.17) is 10.5 Å². The summed E-state index contributed by atoms with van der Waals surface area (Å²) in [6.07, 6.45) is 6.16. The van der Waals surface area contributed by atoms with E-state index in [0.29, 0.717) is 19.1 Å². The number of rotatable bonds is 3. The minimum absolute atomic E-state index is 0.0432. The predicted molar refractivity (Wildman–Crippen MR) is 66.5 cm³/mol. The van der Waals surface area contributed by atoms with Crippen molar-refractivity contribution in [1.82, 2.24) is 5.32 Å². The van der Waals surface area contributed by atoms with Crippen molar-refractivity contribution in [3.63, 3.8) is 0 Å². The van der Waals surface area contributed by atoms with Gasteiger partial charge in [-0.3, -0.25) is 4.79 Å². The standard InChI is InChI=1S/C13H24N2O2/c1-10-5-2-3-7-13(10,9-14)15-12(16)11-6-4-8-17-11/h10-11H,2-9,14H2,1H3,(H,15,16)/t10?,11-,13?/m0/s1. The van der Waals surface area contributed by atoms with Crippen LogP contribution in [0.5, 0.6) is 0 Å². The van der Waals surface area contributed by atoms with Crippen LogP contribution in [0.2, 0.25) is 0 Å². The molecule has 2 aliphatic rings. The molecule has 0 aromatic rings. The van der Waals surface area contributed by atoms with E-state index in [1.807, 2.05) is 0 Å². The Morgan fingerprint density at radius 2 is 2.24 bits per heavy atom. The number of carbonyl (C=O) groups is 1. The Labute approximate surface area is 103 Å². The summed E-state index contributed by atoms with van der Waals surface area (Å²) in [5.74, 6) is 0.508. The van der Waals surface area contributed by atoms with Gasteiger partial charge in [0.25, 0.3) is 0 Å². The third-order valence-electron chi connectivity index (χ3n) is 4.41. The maximum atomic E-state index is 12.1. The molecule has 0 aromatic heterocycles. The second-order valence-electron chi connectivity index (χ2n) is 5.50. The van der Waals surface area contributed by atoms with Gasteiger partial charge in [0.1, 0.15) is 6.10 Å². The number of nitrogens with two attached hydrogens (primary N) is 1. The van der Waals surface area contributed by atoms with Crippen LogP contribution >= 0.6 is 0 Å². The van der Waals surface area contributed by atoms with Gasteiger partial charge in [-0.05, 0) is 31.6 Å². The van der Waals surface area contributed by atoms with E-state index in [1.54, 1.807) is 0 Å². The van der Waals surface area contributed by atoms with Crippen LogP contribution in [0.15, 0.2) is 0 Å². The second-order valence-corrected chi connectivity index (χ2v) is 5.50. The number of hydrogen-bond acceptors (Lipinski definition) is 3. The molecule has 1 amide bonds. The molecule has 17 heavy (non-hydrogen) atoms. The van der Waals surface area contributed by atoms with Crippen LogP contribution in [-0.2, 0) is 9.53 Å². The van der Waals surface area contributed by atoms with Crippen molar-refractivity contribution in [3.05, 3.63) is 0 Å². The van der Waals surface area contributed by atoms with Gasteiger partial charge >= 0.3 is 0 Å². The Hall–Kier alpha value is -0.610. The Morgan fingerprint density at radius 3 is 2.82 bits per heavy atom. The minimum Gasteiger partial charge on any atom is -0.368 e. The number of ether oxygens (including phenoxy) is 1. The molecule has 2 fully saturated rings. The molecular formula is C13H24N2O2. The van der Waals surface area contributed by atoms with Crippen LogP contribution in [0, 0.1) is 5.92 Å². The average Bonchev–Trinajstić information content (AvgIpc) is 2.86. The lowest BCUT2D eigenvalue weighted by Gasteiger charge is -2.43. The molecule has 2 rings (SSSR count). The van der Waals surface area contributed by atoms with Crippen LogP contribution in [-0.4, -0.2) is 30.7 Å². The Balaban J connectivity index is 1.99. The predicted octanol–water partition coefficient (Wildman–Crippen LogP) is 1.19. The molecular weight excluding hydrogens is 216 g/mol. The first-order valence-electron chi connectivity index (χ1n) is 6.82. The Kier molecular flexibility index (Phi) is 4.05. The quantitative estimate of drug-likeness (QED) is 0.779. The number of carbonyl (C=O) groups excluding carboxylic acids is 1. The van der Waals surface area contributed by atoms with Crippen molar-refractivity contribution in [3.8, 4) is 0 Å². The molecule has 1 saturated carbocycles. The maximum Gasteiger partial charge on any atom is 0.249 e. The SMILES string of the molecule is CC1CCCCC1(CN)NC(=O)[C@@H]1CCCO1. The first-order chi connectivity index (χ1) is 8.18. The van der Waals surface area contributed by atoms with Gasteiger partial charge in [-0.15, -0.1) is 0 Å². The van der Waals surface area contributed by atoms with E-state index in [1.165, 1.54) is 6.42 Å². The summed E-state index contributed by atoms with van der Waals surface area (Å²) in [6.45, 7) is 3.44. The largest absolute Gasteiger partial charge is 0.368 e. The third kappa shape index (κ3) is 2.63. The molecule has 2 unspecified atom stereocenters. The van der Waals surface area contributed by atoms with Crippen LogP contribution in [0.4, 0.5) is 0 Å². The van der Waals surface area contributed by atoms with Crippen LogP contribution in [0.1, 0.15) is 45.4 Å². The fraction of sp³-hybridized carbons (Fsp3) is 0.923. The summed E-state index contributed by atoms with van der Waals surface area (Å²) in [6, 6.07) is 0. The molecule has 3 N–H and O–H groups in total. The molecule has 0 spiro atoms. The van der Waals surface area contributed by atoms with E-state index in [2.05, 4.69) is 12.2 Å². The molecule has 98 valence electrons. The van der Waals surface area contributed by atoms with Crippen molar-refractivity contribution >= 4 is 5.91 Å². The molecule has 4 heteroatoms. The van der Waals surface area contributed by atoms with E-state index >= 15 is 0 Å². The van der Waals surface area contributed by atoms with Crippen molar-refractivity contribution < 1.29 is 9.53 Å². The van der Waals surface area contributed by atoms with Gasteiger partial charge in [0.15, 0.2) is 0 Å². The van der Waals surface area contributed by atoms with Crippen molar-refractivity contribution in [2.45, 2.75) is 57.1 Å². The van der Waals surface area contributed by atoms with Gasteiger partial charge in [0.2, 0.25) is 5.91 Å². The molecule has 1 aliphatic carbocycles. The maximum absolute atomic E-state index is 12.1. The van der Waals surface area contributed by atoms with Crippen LogP contribution < -0.4 is 11.1 Å². The summed E-state index contributed by atoms with van der Waals surface area (Å²) >= 11 is 0. The topological polar surface area (TPSA) is 64.3 Å². The van der Waals surface area contributed by atoms with Crippen molar-refractivity contribution in [1.29, 1.82) is 0 Å². The van der Waals surface area contributed by atoms with E-state index in [0.717, 1.165) is 32.1 Å². The van der Waals surface area contributed by atoms with Gasteiger partial charge in [0.05, 0.1) is 5.54 Å². The molecule has 3 atom stereocenters. The van der Waals surface area contributed by atoms with Crippen LogP contribution in [0.25, 0.3) is 0 Å². The van der Waals surface area contributed by atoms with Crippen molar-refractivity contribution in [2.24, 2.45) is 11.7 Å². The summed E-state index contributed by atoms with van der Waals surface area (Å²) in [7, 11) is 0. The first kappa shape index (κ1) is 12.8. The third-order valence-corrected chi connectivity index (χ3v) is 4.41.